The fraction of sp³-hybridized carbons (Fsp3) is 0.515. The highest BCUT2D eigenvalue weighted by Crippen LogP contribution is 2.48. The van der Waals surface area contributed by atoms with Crippen molar-refractivity contribution in [2.75, 3.05) is 29.9 Å². The second-order valence-corrected chi connectivity index (χ2v) is 13.5. The zero-order valence-corrected chi connectivity index (χ0v) is 23.9. The highest BCUT2D eigenvalue weighted by atomic mass is 16.2. The minimum atomic E-state index is -0.329. The lowest BCUT2D eigenvalue weighted by Gasteiger charge is -2.39. The van der Waals surface area contributed by atoms with Gasteiger partial charge in [-0.3, -0.25) is 9.59 Å². The van der Waals surface area contributed by atoms with Crippen LogP contribution in [0, 0.1) is 11.3 Å². The molecule has 0 bridgehead atoms. The maximum absolute atomic E-state index is 13.9. The molecule has 1 aliphatic carbocycles. The number of carbonyl (C=O) groups excluding carboxylic acids is 2. The topological polar surface area (TPSA) is 52.7 Å². The molecule has 1 amide bonds. The van der Waals surface area contributed by atoms with E-state index in [0.29, 0.717) is 12.3 Å². The van der Waals surface area contributed by atoms with Crippen LogP contribution in [-0.2, 0) is 15.0 Å². The van der Waals surface area contributed by atoms with Crippen LogP contribution in [0.1, 0.15) is 84.4 Å². The summed E-state index contributed by atoms with van der Waals surface area (Å²) in [5.74, 6) is 0.823. The van der Waals surface area contributed by atoms with E-state index in [1.807, 2.05) is 17.0 Å². The number of hydrogen-bond acceptors (Lipinski definition) is 4. The standard InChI is InChI=1S/C33H43N3O2/c1-22-10-9-17-35(20-22)29(38)21-36-27-12-8-7-11-25(27)34-26-18-33(5,6)19-28(37)30(26)31(36)23-13-15-24(16-14-23)32(2,3)4/h7-8,11-16,22,31,34H,9-10,17-21H2,1-6H3. The molecule has 3 aliphatic rings. The zero-order valence-electron chi connectivity index (χ0n) is 23.9. The van der Waals surface area contributed by atoms with Crippen molar-refractivity contribution in [3.05, 3.63) is 70.9 Å². The molecule has 1 N–H and O–H groups in total. The Hall–Kier alpha value is -3.08. The molecule has 202 valence electrons. The van der Waals surface area contributed by atoms with Crippen LogP contribution in [0.2, 0.25) is 0 Å². The predicted molar refractivity (Wildman–Crippen MR) is 155 cm³/mol. The number of anilines is 2. The first-order valence-electron chi connectivity index (χ1n) is 14.2. The minimum absolute atomic E-state index is 0.0336. The minimum Gasteiger partial charge on any atom is -0.357 e. The van der Waals surface area contributed by atoms with Gasteiger partial charge in [0, 0.05) is 30.8 Å². The summed E-state index contributed by atoms with van der Waals surface area (Å²) in [6.45, 7) is 15.1. The summed E-state index contributed by atoms with van der Waals surface area (Å²) in [5, 5.41) is 3.66. The number of ketones is 1. The molecule has 1 fully saturated rings. The Kier molecular flexibility index (Phi) is 6.91. The van der Waals surface area contributed by atoms with Crippen LogP contribution in [0.25, 0.3) is 0 Å². The number of para-hydroxylation sites is 2. The smallest absolute Gasteiger partial charge is 0.242 e. The summed E-state index contributed by atoms with van der Waals surface area (Å²) in [6, 6.07) is 16.6. The molecule has 2 aromatic carbocycles. The summed E-state index contributed by atoms with van der Waals surface area (Å²) in [5.41, 5.74) is 5.95. The van der Waals surface area contributed by atoms with Crippen molar-refractivity contribution in [3.63, 3.8) is 0 Å². The van der Waals surface area contributed by atoms with E-state index in [1.54, 1.807) is 0 Å². The van der Waals surface area contributed by atoms with Gasteiger partial charge in [-0.2, -0.15) is 0 Å². The summed E-state index contributed by atoms with van der Waals surface area (Å²) in [4.78, 5) is 31.9. The number of amides is 1. The van der Waals surface area contributed by atoms with Gasteiger partial charge in [-0.15, -0.1) is 0 Å². The highest BCUT2D eigenvalue weighted by Gasteiger charge is 2.42. The van der Waals surface area contributed by atoms with Gasteiger partial charge >= 0.3 is 0 Å². The number of rotatable bonds is 3. The Balaban J connectivity index is 1.65. The molecule has 5 heteroatoms. The first kappa shape index (κ1) is 26.5. The molecule has 0 spiro atoms. The van der Waals surface area contributed by atoms with Crippen molar-refractivity contribution in [1.82, 2.24) is 4.90 Å². The number of hydrogen-bond donors (Lipinski definition) is 1. The predicted octanol–water partition coefficient (Wildman–Crippen LogP) is 6.86. The van der Waals surface area contributed by atoms with E-state index in [0.717, 1.165) is 54.1 Å². The number of carbonyl (C=O) groups is 2. The lowest BCUT2D eigenvalue weighted by atomic mass is 9.73. The molecule has 0 radical (unpaired) electrons. The normalized spacial score (nSPS) is 23.4. The molecule has 2 unspecified atom stereocenters. The monoisotopic (exact) mass is 513 g/mol. The van der Waals surface area contributed by atoms with Gasteiger partial charge in [0.05, 0.1) is 24.0 Å². The third-order valence-corrected chi connectivity index (χ3v) is 8.41. The van der Waals surface area contributed by atoms with E-state index in [-0.39, 0.29) is 35.1 Å². The van der Waals surface area contributed by atoms with Crippen molar-refractivity contribution in [2.45, 2.75) is 78.7 Å². The molecule has 2 aliphatic heterocycles. The molecule has 38 heavy (non-hydrogen) atoms. The van der Waals surface area contributed by atoms with Crippen LogP contribution in [0.5, 0.6) is 0 Å². The van der Waals surface area contributed by atoms with E-state index in [1.165, 1.54) is 12.0 Å². The first-order valence-corrected chi connectivity index (χ1v) is 14.2. The Morgan fingerprint density at radius 1 is 1.05 bits per heavy atom. The number of Topliss-reactive ketones (excluding diaryl/α,β-unsaturated/α-hetero) is 1. The first-order chi connectivity index (χ1) is 17.9. The van der Waals surface area contributed by atoms with E-state index >= 15 is 0 Å². The van der Waals surface area contributed by atoms with Crippen LogP contribution in [0.4, 0.5) is 11.4 Å². The molecular formula is C33H43N3O2. The average Bonchev–Trinajstić information content (AvgIpc) is 2.97. The van der Waals surface area contributed by atoms with Crippen molar-refractivity contribution in [2.24, 2.45) is 11.3 Å². The van der Waals surface area contributed by atoms with E-state index in [2.05, 4.69) is 88.2 Å². The second kappa shape index (κ2) is 9.91. The van der Waals surface area contributed by atoms with E-state index in [4.69, 9.17) is 0 Å². The lowest BCUT2D eigenvalue weighted by Crippen LogP contribution is -2.46. The van der Waals surface area contributed by atoms with E-state index in [9.17, 15) is 9.59 Å². The van der Waals surface area contributed by atoms with Crippen molar-refractivity contribution in [3.8, 4) is 0 Å². The van der Waals surface area contributed by atoms with Gasteiger partial charge in [-0.1, -0.05) is 77.9 Å². The summed E-state index contributed by atoms with van der Waals surface area (Å²) in [6.07, 6.45) is 3.52. The zero-order chi connectivity index (χ0) is 27.2. The number of fused-ring (bicyclic) bond motifs is 1. The molecular weight excluding hydrogens is 470 g/mol. The number of piperidine rings is 1. The number of benzene rings is 2. The van der Waals surface area contributed by atoms with Crippen molar-refractivity contribution >= 4 is 23.1 Å². The van der Waals surface area contributed by atoms with Crippen LogP contribution in [0.15, 0.2) is 59.8 Å². The fourth-order valence-electron chi connectivity index (χ4n) is 6.40. The molecule has 0 saturated carbocycles. The quantitative estimate of drug-likeness (QED) is 0.487. The maximum Gasteiger partial charge on any atom is 0.242 e. The van der Waals surface area contributed by atoms with Crippen LogP contribution >= 0.6 is 0 Å². The molecule has 5 rings (SSSR count). The molecule has 2 atom stereocenters. The summed E-state index contributed by atoms with van der Waals surface area (Å²) < 4.78 is 0. The lowest BCUT2D eigenvalue weighted by molar-refractivity contribution is -0.131. The van der Waals surface area contributed by atoms with Crippen LogP contribution in [-0.4, -0.2) is 36.2 Å². The highest BCUT2D eigenvalue weighted by molar-refractivity contribution is 6.01. The Labute approximate surface area is 228 Å². The van der Waals surface area contributed by atoms with Gasteiger partial charge in [0.1, 0.15) is 0 Å². The van der Waals surface area contributed by atoms with Gasteiger partial charge < -0.3 is 15.1 Å². The van der Waals surface area contributed by atoms with Gasteiger partial charge in [-0.05, 0) is 59.3 Å². The average molecular weight is 514 g/mol. The molecule has 1 saturated heterocycles. The van der Waals surface area contributed by atoms with Crippen LogP contribution in [0.3, 0.4) is 0 Å². The van der Waals surface area contributed by atoms with Gasteiger partial charge in [0.15, 0.2) is 5.78 Å². The molecule has 2 aromatic rings. The van der Waals surface area contributed by atoms with Gasteiger partial charge in [0.2, 0.25) is 5.91 Å². The molecule has 5 nitrogen and oxygen atoms in total. The largest absolute Gasteiger partial charge is 0.357 e. The number of likely N-dealkylation sites (tertiary alicyclic amines) is 1. The third-order valence-electron chi connectivity index (χ3n) is 8.41. The van der Waals surface area contributed by atoms with Crippen LogP contribution < -0.4 is 10.2 Å². The SMILES string of the molecule is CC1CCCN(C(=O)CN2c3ccccc3NC3=C(C(=O)CC(C)(C)C3)C2c2ccc(C(C)(C)C)cc2)C1. The third kappa shape index (κ3) is 5.25. The van der Waals surface area contributed by atoms with Crippen molar-refractivity contribution < 1.29 is 9.59 Å². The fourth-order valence-corrected chi connectivity index (χ4v) is 6.40. The summed E-state index contributed by atoms with van der Waals surface area (Å²) in [7, 11) is 0. The number of nitrogens with one attached hydrogen (secondary N) is 1. The number of allylic oxidation sites excluding steroid dienone is 1. The van der Waals surface area contributed by atoms with Gasteiger partial charge in [-0.25, -0.2) is 0 Å². The Bertz CT molecular complexity index is 1250. The Morgan fingerprint density at radius 2 is 1.76 bits per heavy atom. The van der Waals surface area contributed by atoms with Crippen molar-refractivity contribution in [1.29, 1.82) is 0 Å². The second-order valence-electron chi connectivity index (χ2n) is 13.5. The molecule has 2 heterocycles. The Morgan fingerprint density at radius 3 is 2.45 bits per heavy atom. The van der Waals surface area contributed by atoms with Gasteiger partial charge in [0.25, 0.3) is 0 Å². The number of nitrogens with zero attached hydrogens (tertiary/aromatic N) is 2. The maximum atomic E-state index is 13.9. The summed E-state index contributed by atoms with van der Waals surface area (Å²) >= 11 is 0. The molecule has 0 aromatic heterocycles. The van der Waals surface area contributed by atoms with E-state index < -0.39 is 0 Å².